The molecular formula is C15H16ClNO3S. The van der Waals surface area contributed by atoms with Gasteiger partial charge in [0, 0.05) is 9.90 Å². The van der Waals surface area contributed by atoms with E-state index in [-0.39, 0.29) is 24.6 Å². The Kier molecular flexibility index (Phi) is 4.88. The van der Waals surface area contributed by atoms with Crippen LogP contribution in [0.25, 0.3) is 0 Å². The van der Waals surface area contributed by atoms with Crippen molar-refractivity contribution in [2.45, 2.75) is 18.9 Å². The van der Waals surface area contributed by atoms with Crippen molar-refractivity contribution < 1.29 is 15.0 Å². The number of benzene rings is 1. The van der Waals surface area contributed by atoms with Crippen LogP contribution in [0.3, 0.4) is 0 Å². The van der Waals surface area contributed by atoms with Crippen molar-refractivity contribution in [1.29, 1.82) is 0 Å². The molecule has 1 amide bonds. The first-order chi connectivity index (χ1) is 9.88. The molecule has 2 rings (SSSR count). The highest BCUT2D eigenvalue weighted by Gasteiger charge is 2.24. The third-order valence-corrected chi connectivity index (χ3v) is 4.54. The second-order valence-corrected chi connectivity index (χ2v) is 6.34. The molecule has 21 heavy (non-hydrogen) atoms. The normalized spacial score (nSPS) is 13.7. The number of amides is 1. The first-order valence-electron chi connectivity index (χ1n) is 6.39. The number of aromatic hydroxyl groups is 1. The lowest BCUT2D eigenvalue weighted by molar-refractivity contribution is -0.121. The second kappa shape index (κ2) is 6.47. The van der Waals surface area contributed by atoms with Gasteiger partial charge in [-0.05, 0) is 36.1 Å². The number of carbonyl (C=O) groups is 1. The average Bonchev–Trinajstić information content (AvgIpc) is 2.95. The summed E-state index contributed by atoms with van der Waals surface area (Å²) in [5.41, 5.74) is -0.467. The van der Waals surface area contributed by atoms with Gasteiger partial charge in [0.1, 0.15) is 11.4 Å². The Hall–Kier alpha value is -1.56. The van der Waals surface area contributed by atoms with E-state index in [2.05, 4.69) is 5.32 Å². The molecule has 0 aliphatic heterocycles. The van der Waals surface area contributed by atoms with Gasteiger partial charge in [-0.2, -0.15) is 0 Å². The lowest BCUT2D eigenvalue weighted by atomic mass is 10.0. The van der Waals surface area contributed by atoms with Crippen LogP contribution in [0.15, 0.2) is 35.7 Å². The van der Waals surface area contributed by atoms with E-state index in [1.165, 1.54) is 23.5 Å². The zero-order valence-corrected chi connectivity index (χ0v) is 13.0. The molecule has 0 saturated carbocycles. The Morgan fingerprint density at radius 2 is 2.19 bits per heavy atom. The minimum atomic E-state index is -1.09. The predicted molar refractivity (Wildman–Crippen MR) is 83.7 cm³/mol. The number of halogens is 1. The van der Waals surface area contributed by atoms with E-state index in [9.17, 15) is 15.0 Å². The highest BCUT2D eigenvalue weighted by molar-refractivity contribution is 7.10. The van der Waals surface area contributed by atoms with Crippen LogP contribution in [0.1, 0.15) is 17.4 Å². The number of phenolic OH excluding ortho intramolecular Hbond substituents is 1. The summed E-state index contributed by atoms with van der Waals surface area (Å²) in [4.78, 5) is 12.7. The van der Waals surface area contributed by atoms with E-state index in [0.717, 1.165) is 4.88 Å². The predicted octanol–water partition coefficient (Wildman–Crippen LogP) is 2.67. The standard InChI is InChI=1S/C15H16ClNO3S/c1-15(20,13-3-2-6-21-13)9-17-14(19)7-10-4-5-11(18)8-12(10)16/h2-6,8,18,20H,7,9H2,1H3,(H,17,19). The zero-order chi connectivity index (χ0) is 15.5. The van der Waals surface area contributed by atoms with Crippen LogP contribution >= 0.6 is 22.9 Å². The first-order valence-corrected chi connectivity index (χ1v) is 7.65. The molecule has 0 spiro atoms. The molecule has 3 N–H and O–H groups in total. The smallest absolute Gasteiger partial charge is 0.224 e. The van der Waals surface area contributed by atoms with Gasteiger partial charge in [0.25, 0.3) is 0 Å². The van der Waals surface area contributed by atoms with E-state index < -0.39 is 5.60 Å². The minimum Gasteiger partial charge on any atom is -0.508 e. The SMILES string of the molecule is CC(O)(CNC(=O)Cc1ccc(O)cc1Cl)c1cccs1. The fraction of sp³-hybridized carbons (Fsp3) is 0.267. The van der Waals surface area contributed by atoms with Crippen LogP contribution in [0, 0.1) is 0 Å². The van der Waals surface area contributed by atoms with Crippen molar-refractivity contribution >= 4 is 28.8 Å². The maximum absolute atomic E-state index is 11.9. The zero-order valence-electron chi connectivity index (χ0n) is 11.5. The first kappa shape index (κ1) is 15.8. The number of hydrogen-bond acceptors (Lipinski definition) is 4. The molecule has 0 radical (unpaired) electrons. The molecule has 1 atom stereocenters. The topological polar surface area (TPSA) is 69.6 Å². The Morgan fingerprint density at radius 1 is 1.43 bits per heavy atom. The number of aliphatic hydroxyl groups is 1. The summed E-state index contributed by atoms with van der Waals surface area (Å²) in [6.07, 6.45) is 0.0969. The molecule has 0 saturated heterocycles. The van der Waals surface area contributed by atoms with Crippen LogP contribution < -0.4 is 5.32 Å². The highest BCUT2D eigenvalue weighted by Crippen LogP contribution is 2.25. The van der Waals surface area contributed by atoms with E-state index >= 15 is 0 Å². The molecule has 1 aromatic carbocycles. The number of nitrogens with one attached hydrogen (secondary N) is 1. The van der Waals surface area contributed by atoms with Crippen molar-refractivity contribution in [2.75, 3.05) is 6.54 Å². The summed E-state index contributed by atoms with van der Waals surface area (Å²) in [5.74, 6) is -0.177. The van der Waals surface area contributed by atoms with Crippen molar-refractivity contribution in [3.63, 3.8) is 0 Å². The van der Waals surface area contributed by atoms with Crippen molar-refractivity contribution in [3.05, 3.63) is 51.2 Å². The number of phenols is 1. The summed E-state index contributed by atoms with van der Waals surface area (Å²) >= 11 is 7.40. The van der Waals surface area contributed by atoms with Crippen LogP contribution in [0.5, 0.6) is 5.75 Å². The third-order valence-electron chi connectivity index (χ3n) is 3.07. The van der Waals surface area contributed by atoms with E-state index in [1.807, 2.05) is 17.5 Å². The molecule has 0 aliphatic carbocycles. The summed E-state index contributed by atoms with van der Waals surface area (Å²) in [6.45, 7) is 1.79. The molecule has 6 heteroatoms. The fourth-order valence-corrected chi connectivity index (χ4v) is 2.89. The molecule has 1 unspecified atom stereocenters. The van der Waals surface area contributed by atoms with Crippen LogP contribution in [-0.4, -0.2) is 22.7 Å². The van der Waals surface area contributed by atoms with Crippen LogP contribution in [-0.2, 0) is 16.8 Å². The van der Waals surface area contributed by atoms with Gasteiger partial charge < -0.3 is 15.5 Å². The van der Waals surface area contributed by atoms with Gasteiger partial charge in [-0.15, -0.1) is 11.3 Å². The Morgan fingerprint density at radius 3 is 2.81 bits per heavy atom. The maximum atomic E-state index is 11.9. The van der Waals surface area contributed by atoms with Gasteiger partial charge in [0.15, 0.2) is 0 Å². The van der Waals surface area contributed by atoms with E-state index in [4.69, 9.17) is 11.6 Å². The van der Waals surface area contributed by atoms with E-state index in [1.54, 1.807) is 13.0 Å². The van der Waals surface area contributed by atoms with Crippen molar-refractivity contribution in [1.82, 2.24) is 5.32 Å². The minimum absolute atomic E-state index is 0.0600. The second-order valence-electron chi connectivity index (χ2n) is 4.98. The van der Waals surface area contributed by atoms with Crippen LogP contribution in [0.2, 0.25) is 5.02 Å². The number of rotatable bonds is 5. The van der Waals surface area contributed by atoms with Gasteiger partial charge in [-0.1, -0.05) is 23.7 Å². The van der Waals surface area contributed by atoms with Crippen molar-refractivity contribution in [3.8, 4) is 5.75 Å². The summed E-state index contributed by atoms with van der Waals surface area (Å²) in [6, 6.07) is 8.16. The molecule has 0 aliphatic rings. The van der Waals surface area contributed by atoms with Crippen LogP contribution in [0.4, 0.5) is 0 Å². The Bertz CT molecular complexity index is 626. The molecule has 0 bridgehead atoms. The molecular weight excluding hydrogens is 310 g/mol. The summed E-state index contributed by atoms with van der Waals surface area (Å²) in [7, 11) is 0. The summed E-state index contributed by atoms with van der Waals surface area (Å²) in [5, 5.41) is 24.5. The lowest BCUT2D eigenvalue weighted by Crippen LogP contribution is -2.38. The van der Waals surface area contributed by atoms with Gasteiger partial charge >= 0.3 is 0 Å². The molecule has 112 valence electrons. The number of thiophene rings is 1. The molecule has 2 aromatic rings. The number of hydrogen-bond donors (Lipinski definition) is 3. The quantitative estimate of drug-likeness (QED) is 0.791. The van der Waals surface area contributed by atoms with Gasteiger partial charge in [-0.25, -0.2) is 0 Å². The average molecular weight is 326 g/mol. The van der Waals surface area contributed by atoms with Gasteiger partial charge in [-0.3, -0.25) is 4.79 Å². The maximum Gasteiger partial charge on any atom is 0.224 e. The van der Waals surface area contributed by atoms with Gasteiger partial charge in [0.2, 0.25) is 5.91 Å². The molecule has 1 heterocycles. The molecule has 4 nitrogen and oxygen atoms in total. The fourth-order valence-electron chi connectivity index (χ4n) is 1.86. The Balaban J connectivity index is 1.93. The highest BCUT2D eigenvalue weighted by atomic mass is 35.5. The van der Waals surface area contributed by atoms with Gasteiger partial charge in [0.05, 0.1) is 13.0 Å². The summed E-state index contributed by atoms with van der Waals surface area (Å²) < 4.78 is 0. The van der Waals surface area contributed by atoms with E-state index in [0.29, 0.717) is 10.6 Å². The molecule has 1 aromatic heterocycles. The lowest BCUT2D eigenvalue weighted by Gasteiger charge is -2.22. The third kappa shape index (κ3) is 4.20. The number of carbonyl (C=O) groups excluding carboxylic acids is 1. The monoisotopic (exact) mass is 325 g/mol. The molecule has 0 fully saturated rings. The largest absolute Gasteiger partial charge is 0.508 e. The Labute approximate surface area is 132 Å². The van der Waals surface area contributed by atoms with Crippen molar-refractivity contribution in [2.24, 2.45) is 0 Å².